The summed E-state index contributed by atoms with van der Waals surface area (Å²) in [7, 11) is 0. The monoisotopic (exact) mass is 601 g/mol. The summed E-state index contributed by atoms with van der Waals surface area (Å²) in [6, 6.07) is 49.7. The first kappa shape index (κ1) is 27.4. The van der Waals surface area contributed by atoms with Crippen molar-refractivity contribution in [2.45, 2.75) is 19.3 Å². The van der Waals surface area contributed by atoms with Gasteiger partial charge in [-0.05, 0) is 79.7 Å². The lowest BCUT2D eigenvalue weighted by Gasteiger charge is -2.22. The number of benzene rings is 6. The molecule has 0 amide bonds. The molecule has 3 nitrogen and oxygen atoms in total. The molecule has 8 aromatic rings. The van der Waals surface area contributed by atoms with Gasteiger partial charge in [0, 0.05) is 40.1 Å². The first-order valence-corrected chi connectivity index (χ1v) is 16.1. The second kappa shape index (κ2) is 10.6. The molecule has 0 atom stereocenters. The molecular weight excluding hydrogens is 571 g/mol. The summed E-state index contributed by atoms with van der Waals surface area (Å²) in [6.45, 7) is 4.68. The van der Waals surface area contributed by atoms with Gasteiger partial charge < -0.3 is 0 Å². The number of hydrogen-bond donors (Lipinski definition) is 0. The molecule has 6 aromatic carbocycles. The Bertz CT molecular complexity index is 2480. The molecule has 0 aliphatic heterocycles. The van der Waals surface area contributed by atoms with Gasteiger partial charge in [-0.1, -0.05) is 123 Å². The zero-order chi connectivity index (χ0) is 31.5. The largest absolute Gasteiger partial charge is 0.264 e. The van der Waals surface area contributed by atoms with Gasteiger partial charge >= 0.3 is 0 Å². The lowest BCUT2D eigenvalue weighted by atomic mass is 9.81. The van der Waals surface area contributed by atoms with Crippen LogP contribution in [0.3, 0.4) is 0 Å². The molecule has 0 radical (unpaired) electrons. The van der Waals surface area contributed by atoms with Crippen molar-refractivity contribution in [1.82, 2.24) is 15.0 Å². The van der Waals surface area contributed by atoms with Crippen molar-refractivity contribution < 1.29 is 0 Å². The number of pyridine rings is 1. The second-order valence-corrected chi connectivity index (χ2v) is 12.9. The molecule has 222 valence electrons. The summed E-state index contributed by atoms with van der Waals surface area (Å²) in [5, 5.41) is 4.86. The fraction of sp³-hybridized carbons (Fsp3) is 0.0682. The van der Waals surface area contributed by atoms with Gasteiger partial charge in [-0.3, -0.25) is 4.98 Å². The maximum atomic E-state index is 5.25. The highest BCUT2D eigenvalue weighted by Gasteiger charge is 2.35. The molecular formula is C44H31N3. The van der Waals surface area contributed by atoms with E-state index >= 15 is 0 Å². The maximum Gasteiger partial charge on any atom is 0.161 e. The first-order valence-electron chi connectivity index (χ1n) is 16.1. The van der Waals surface area contributed by atoms with E-state index in [1.54, 1.807) is 6.20 Å². The van der Waals surface area contributed by atoms with E-state index in [4.69, 9.17) is 9.97 Å². The Morgan fingerprint density at radius 3 is 2.02 bits per heavy atom. The molecule has 3 heteroatoms. The smallest absolute Gasteiger partial charge is 0.161 e. The van der Waals surface area contributed by atoms with Crippen LogP contribution in [0.15, 0.2) is 152 Å². The van der Waals surface area contributed by atoms with Gasteiger partial charge in [0.25, 0.3) is 0 Å². The SMILES string of the molecule is CC1(C)c2ccccc2-c2cc3ccc4c(-c5nc(-c6ccccc6)cc(-c6cccc(-c7cccnc7)c6)n5)cccc4c3cc21. The van der Waals surface area contributed by atoms with Crippen molar-refractivity contribution >= 4 is 21.5 Å². The number of nitrogens with zero attached hydrogens (tertiary/aromatic N) is 3. The van der Waals surface area contributed by atoms with Gasteiger partial charge in [0.1, 0.15) is 0 Å². The molecule has 0 spiro atoms. The minimum atomic E-state index is -0.0632. The van der Waals surface area contributed by atoms with E-state index in [1.165, 1.54) is 38.4 Å². The molecule has 0 unspecified atom stereocenters. The topological polar surface area (TPSA) is 38.7 Å². The van der Waals surface area contributed by atoms with Gasteiger partial charge in [-0.15, -0.1) is 0 Å². The molecule has 1 aliphatic carbocycles. The molecule has 2 aromatic heterocycles. The lowest BCUT2D eigenvalue weighted by molar-refractivity contribution is 0.661. The maximum absolute atomic E-state index is 5.25. The van der Waals surface area contributed by atoms with Crippen molar-refractivity contribution in [3.63, 3.8) is 0 Å². The van der Waals surface area contributed by atoms with Gasteiger partial charge in [0.15, 0.2) is 5.82 Å². The fourth-order valence-corrected chi connectivity index (χ4v) is 7.35. The Kier molecular flexibility index (Phi) is 6.16. The third-order valence-electron chi connectivity index (χ3n) is 9.77. The van der Waals surface area contributed by atoms with Gasteiger partial charge in [-0.2, -0.15) is 0 Å². The average molecular weight is 602 g/mol. The number of aromatic nitrogens is 3. The van der Waals surface area contributed by atoms with Crippen LogP contribution >= 0.6 is 0 Å². The standard InChI is InChI=1S/C44H31N3/c1-44(2)39-19-7-6-16-35(39)38-24-30-20-21-34-33(37(30)25-40(38)44)17-9-18-36(34)43-46-41(28-11-4-3-5-12-28)26-42(47-43)31-14-8-13-29(23-31)32-15-10-22-45-27-32/h3-27H,1-2H3. The molecule has 9 rings (SSSR count). The van der Waals surface area contributed by atoms with E-state index in [2.05, 4.69) is 146 Å². The summed E-state index contributed by atoms with van der Waals surface area (Å²) in [6.07, 6.45) is 3.70. The van der Waals surface area contributed by atoms with E-state index in [-0.39, 0.29) is 5.41 Å². The Hall–Kier alpha value is -5.93. The Morgan fingerprint density at radius 1 is 0.447 bits per heavy atom. The summed E-state index contributed by atoms with van der Waals surface area (Å²) >= 11 is 0. The molecule has 0 fully saturated rings. The average Bonchev–Trinajstić information content (AvgIpc) is 3.36. The molecule has 1 aliphatic rings. The van der Waals surface area contributed by atoms with E-state index < -0.39 is 0 Å². The third-order valence-corrected chi connectivity index (χ3v) is 9.77. The second-order valence-electron chi connectivity index (χ2n) is 12.9. The van der Waals surface area contributed by atoms with Crippen molar-refractivity contribution in [2.24, 2.45) is 0 Å². The molecule has 0 bridgehead atoms. The highest BCUT2D eigenvalue weighted by molar-refractivity contribution is 6.13. The van der Waals surface area contributed by atoms with Crippen molar-refractivity contribution in [3.05, 3.63) is 163 Å². The summed E-state index contributed by atoms with van der Waals surface area (Å²) < 4.78 is 0. The zero-order valence-electron chi connectivity index (χ0n) is 26.3. The number of hydrogen-bond acceptors (Lipinski definition) is 3. The van der Waals surface area contributed by atoms with E-state index in [0.717, 1.165) is 44.6 Å². The minimum absolute atomic E-state index is 0.0632. The van der Waals surface area contributed by atoms with Crippen LogP contribution in [0, 0.1) is 0 Å². The quantitative estimate of drug-likeness (QED) is 0.188. The van der Waals surface area contributed by atoms with Crippen LogP contribution in [-0.4, -0.2) is 15.0 Å². The highest BCUT2D eigenvalue weighted by Crippen LogP contribution is 2.50. The van der Waals surface area contributed by atoms with Crippen molar-refractivity contribution in [1.29, 1.82) is 0 Å². The van der Waals surface area contributed by atoms with Gasteiger partial charge in [0.05, 0.1) is 11.4 Å². The normalized spacial score (nSPS) is 13.1. The van der Waals surface area contributed by atoms with Crippen LogP contribution in [0.5, 0.6) is 0 Å². The Morgan fingerprint density at radius 2 is 1.17 bits per heavy atom. The van der Waals surface area contributed by atoms with Crippen LogP contribution in [-0.2, 0) is 5.41 Å². The number of fused-ring (bicyclic) bond motifs is 6. The van der Waals surface area contributed by atoms with Crippen molar-refractivity contribution in [3.8, 4) is 56.2 Å². The highest BCUT2D eigenvalue weighted by atomic mass is 14.9. The molecule has 2 heterocycles. The molecule has 0 saturated carbocycles. The van der Waals surface area contributed by atoms with E-state index in [9.17, 15) is 0 Å². The van der Waals surface area contributed by atoms with E-state index in [0.29, 0.717) is 5.82 Å². The zero-order valence-corrected chi connectivity index (χ0v) is 26.3. The van der Waals surface area contributed by atoms with Crippen LogP contribution in [0.25, 0.3) is 77.7 Å². The number of rotatable bonds is 4. The Balaban J connectivity index is 1.24. The summed E-state index contributed by atoms with van der Waals surface area (Å²) in [4.78, 5) is 14.8. The van der Waals surface area contributed by atoms with Crippen LogP contribution in [0.4, 0.5) is 0 Å². The first-order chi connectivity index (χ1) is 23.0. The third kappa shape index (κ3) is 4.46. The molecule has 0 saturated heterocycles. The van der Waals surface area contributed by atoms with Crippen molar-refractivity contribution in [2.75, 3.05) is 0 Å². The lowest BCUT2D eigenvalue weighted by Crippen LogP contribution is -2.14. The Labute approximate surface area is 274 Å². The fourth-order valence-electron chi connectivity index (χ4n) is 7.35. The van der Waals surface area contributed by atoms with Gasteiger partial charge in [-0.25, -0.2) is 9.97 Å². The summed E-state index contributed by atoms with van der Waals surface area (Å²) in [5.41, 5.74) is 12.5. The van der Waals surface area contributed by atoms with Crippen LogP contribution in [0.2, 0.25) is 0 Å². The van der Waals surface area contributed by atoms with Gasteiger partial charge in [0.2, 0.25) is 0 Å². The van der Waals surface area contributed by atoms with Crippen LogP contribution in [0.1, 0.15) is 25.0 Å². The summed E-state index contributed by atoms with van der Waals surface area (Å²) in [5.74, 6) is 0.715. The minimum Gasteiger partial charge on any atom is -0.264 e. The van der Waals surface area contributed by atoms with E-state index in [1.807, 2.05) is 18.3 Å². The molecule has 47 heavy (non-hydrogen) atoms. The van der Waals surface area contributed by atoms with Crippen LogP contribution < -0.4 is 0 Å². The predicted octanol–water partition coefficient (Wildman–Crippen LogP) is 11.2. The molecule has 0 N–H and O–H groups in total. The predicted molar refractivity (Wildman–Crippen MR) is 194 cm³/mol.